The molecule has 0 bridgehead atoms. The zero-order chi connectivity index (χ0) is 18.6. The normalized spacial score (nSPS) is 28.7. The van der Waals surface area contributed by atoms with Gasteiger partial charge in [-0.15, -0.1) is 0 Å². The molecule has 0 aromatic rings. The summed E-state index contributed by atoms with van der Waals surface area (Å²) in [5, 5.41) is 2.95. The van der Waals surface area contributed by atoms with Gasteiger partial charge < -0.3 is 15.1 Å². The molecule has 0 aromatic heterocycles. The Morgan fingerprint density at radius 1 is 1.12 bits per heavy atom. The van der Waals surface area contributed by atoms with Gasteiger partial charge in [-0.2, -0.15) is 0 Å². The molecule has 1 N–H and O–H groups in total. The van der Waals surface area contributed by atoms with E-state index < -0.39 is 0 Å². The minimum Gasteiger partial charge on any atom is -0.352 e. The Bertz CT molecular complexity index is 501. The monoisotopic (exact) mass is 363 g/mol. The van der Waals surface area contributed by atoms with Crippen LogP contribution < -0.4 is 5.32 Å². The smallest absolute Gasteiger partial charge is 0.239 e. The summed E-state index contributed by atoms with van der Waals surface area (Å²) >= 11 is 0. The Balaban J connectivity index is 1.59. The Kier molecular flexibility index (Phi) is 6.60. The van der Waals surface area contributed by atoms with Gasteiger partial charge >= 0.3 is 0 Å². The molecule has 148 valence electrons. The Labute approximate surface area is 158 Å². The fourth-order valence-electron chi connectivity index (χ4n) is 5.31. The average molecular weight is 364 g/mol. The SMILES string of the molecule is CC(C)NC(=O)CN1C(=O)CC[C@]12CCCN(CC1CCCCC1)CC2. The van der Waals surface area contributed by atoms with Crippen LogP contribution in [0.25, 0.3) is 0 Å². The molecule has 0 aromatic carbocycles. The van der Waals surface area contributed by atoms with Crippen molar-refractivity contribution in [2.24, 2.45) is 5.92 Å². The fourth-order valence-corrected chi connectivity index (χ4v) is 5.31. The van der Waals surface area contributed by atoms with Gasteiger partial charge in [-0.3, -0.25) is 9.59 Å². The molecule has 1 spiro atoms. The Morgan fingerprint density at radius 2 is 1.88 bits per heavy atom. The van der Waals surface area contributed by atoms with Gasteiger partial charge in [-0.05, 0) is 64.8 Å². The van der Waals surface area contributed by atoms with Gasteiger partial charge in [0, 0.05) is 31.1 Å². The number of amides is 2. The molecule has 2 saturated heterocycles. The van der Waals surface area contributed by atoms with Crippen LogP contribution in [-0.2, 0) is 9.59 Å². The molecule has 0 radical (unpaired) electrons. The van der Waals surface area contributed by atoms with Crippen LogP contribution in [0.15, 0.2) is 0 Å². The van der Waals surface area contributed by atoms with Gasteiger partial charge in [-0.1, -0.05) is 19.3 Å². The van der Waals surface area contributed by atoms with E-state index in [1.165, 1.54) is 38.6 Å². The quantitative estimate of drug-likeness (QED) is 0.817. The number of likely N-dealkylation sites (tertiary alicyclic amines) is 2. The molecule has 2 heterocycles. The van der Waals surface area contributed by atoms with Crippen molar-refractivity contribution in [3.63, 3.8) is 0 Å². The van der Waals surface area contributed by atoms with E-state index in [1.807, 2.05) is 18.7 Å². The van der Waals surface area contributed by atoms with E-state index in [4.69, 9.17) is 0 Å². The topological polar surface area (TPSA) is 52.7 Å². The van der Waals surface area contributed by atoms with E-state index in [0.29, 0.717) is 6.42 Å². The minimum absolute atomic E-state index is 0.0158. The molecule has 0 unspecified atom stereocenters. The Hall–Kier alpha value is -1.10. The second-order valence-electron chi connectivity index (χ2n) is 9.08. The summed E-state index contributed by atoms with van der Waals surface area (Å²) in [7, 11) is 0. The van der Waals surface area contributed by atoms with Crippen molar-refractivity contribution < 1.29 is 9.59 Å². The number of rotatable bonds is 5. The van der Waals surface area contributed by atoms with E-state index in [1.54, 1.807) is 0 Å². The van der Waals surface area contributed by atoms with Crippen LogP contribution in [0.5, 0.6) is 0 Å². The van der Waals surface area contributed by atoms with Gasteiger partial charge in [0.1, 0.15) is 6.54 Å². The molecule has 3 aliphatic rings. The molecule has 3 rings (SSSR count). The summed E-state index contributed by atoms with van der Waals surface area (Å²) in [5.41, 5.74) is -0.0767. The van der Waals surface area contributed by atoms with E-state index in [9.17, 15) is 9.59 Å². The number of carbonyl (C=O) groups excluding carboxylic acids is 2. The second kappa shape index (κ2) is 8.73. The summed E-state index contributed by atoms with van der Waals surface area (Å²) in [6, 6.07) is 0.122. The molecule has 2 amide bonds. The van der Waals surface area contributed by atoms with Crippen molar-refractivity contribution in [3.05, 3.63) is 0 Å². The molecule has 1 atom stereocenters. The number of hydrogen-bond acceptors (Lipinski definition) is 3. The number of carbonyl (C=O) groups is 2. The predicted octanol–water partition coefficient (Wildman–Crippen LogP) is 2.94. The van der Waals surface area contributed by atoms with Crippen LogP contribution in [0.1, 0.15) is 78.1 Å². The summed E-state index contributed by atoms with van der Waals surface area (Å²) in [6.07, 6.45) is 11.7. The van der Waals surface area contributed by atoms with Crippen molar-refractivity contribution in [3.8, 4) is 0 Å². The highest BCUT2D eigenvalue weighted by Crippen LogP contribution is 2.39. The van der Waals surface area contributed by atoms with Crippen molar-refractivity contribution >= 4 is 11.8 Å². The molecule has 1 saturated carbocycles. The Morgan fingerprint density at radius 3 is 2.62 bits per heavy atom. The number of nitrogens with zero attached hydrogens (tertiary/aromatic N) is 2. The van der Waals surface area contributed by atoms with Gasteiger partial charge in [0.25, 0.3) is 0 Å². The van der Waals surface area contributed by atoms with Crippen molar-refractivity contribution in [2.45, 2.75) is 89.6 Å². The third kappa shape index (κ3) is 4.79. The van der Waals surface area contributed by atoms with Gasteiger partial charge in [0.15, 0.2) is 0 Å². The molecule has 5 nitrogen and oxygen atoms in total. The lowest BCUT2D eigenvalue weighted by Crippen LogP contribution is -2.51. The zero-order valence-corrected chi connectivity index (χ0v) is 16.8. The summed E-state index contributed by atoms with van der Waals surface area (Å²) in [6.45, 7) is 7.63. The van der Waals surface area contributed by atoms with Crippen LogP contribution >= 0.6 is 0 Å². The maximum atomic E-state index is 12.5. The van der Waals surface area contributed by atoms with E-state index in [2.05, 4.69) is 10.2 Å². The van der Waals surface area contributed by atoms with Crippen LogP contribution in [0.2, 0.25) is 0 Å². The standard InChI is InChI=1S/C21H37N3O2/c1-17(2)22-19(25)16-24-20(26)9-11-21(24)10-6-13-23(14-12-21)15-18-7-4-3-5-8-18/h17-18H,3-16H2,1-2H3,(H,22,25)/t21-/m0/s1. The molecule has 2 aliphatic heterocycles. The summed E-state index contributed by atoms with van der Waals surface area (Å²) in [5.74, 6) is 1.03. The number of hydrogen-bond donors (Lipinski definition) is 1. The van der Waals surface area contributed by atoms with Crippen LogP contribution in [0.3, 0.4) is 0 Å². The van der Waals surface area contributed by atoms with E-state index in [-0.39, 0.29) is 29.9 Å². The van der Waals surface area contributed by atoms with Crippen molar-refractivity contribution in [1.82, 2.24) is 15.1 Å². The molecular weight excluding hydrogens is 326 g/mol. The summed E-state index contributed by atoms with van der Waals surface area (Å²) < 4.78 is 0. The van der Waals surface area contributed by atoms with E-state index >= 15 is 0 Å². The van der Waals surface area contributed by atoms with E-state index in [0.717, 1.165) is 44.7 Å². The maximum absolute atomic E-state index is 12.5. The lowest BCUT2D eigenvalue weighted by atomic mass is 9.87. The predicted molar refractivity (Wildman–Crippen MR) is 104 cm³/mol. The molecule has 3 fully saturated rings. The minimum atomic E-state index is -0.0767. The largest absolute Gasteiger partial charge is 0.352 e. The molecule has 5 heteroatoms. The lowest BCUT2D eigenvalue weighted by Gasteiger charge is -2.38. The lowest BCUT2D eigenvalue weighted by molar-refractivity contribution is -0.137. The molecule has 1 aliphatic carbocycles. The van der Waals surface area contributed by atoms with Gasteiger partial charge in [0.05, 0.1) is 0 Å². The first-order valence-corrected chi connectivity index (χ1v) is 10.8. The van der Waals surface area contributed by atoms with Crippen LogP contribution in [0, 0.1) is 5.92 Å². The first kappa shape index (κ1) is 19.7. The highest BCUT2D eigenvalue weighted by atomic mass is 16.2. The van der Waals surface area contributed by atoms with Crippen molar-refractivity contribution in [2.75, 3.05) is 26.2 Å². The van der Waals surface area contributed by atoms with Gasteiger partial charge in [-0.25, -0.2) is 0 Å². The highest BCUT2D eigenvalue weighted by Gasteiger charge is 2.46. The van der Waals surface area contributed by atoms with Crippen LogP contribution in [0.4, 0.5) is 0 Å². The van der Waals surface area contributed by atoms with Crippen molar-refractivity contribution in [1.29, 1.82) is 0 Å². The molecular formula is C21H37N3O2. The van der Waals surface area contributed by atoms with Gasteiger partial charge in [0.2, 0.25) is 11.8 Å². The average Bonchev–Trinajstić information content (AvgIpc) is 2.78. The first-order valence-electron chi connectivity index (χ1n) is 10.8. The maximum Gasteiger partial charge on any atom is 0.239 e. The number of nitrogens with one attached hydrogen (secondary N) is 1. The summed E-state index contributed by atoms with van der Waals surface area (Å²) in [4.78, 5) is 29.4. The highest BCUT2D eigenvalue weighted by molar-refractivity contribution is 5.87. The second-order valence-corrected chi connectivity index (χ2v) is 9.08. The van der Waals surface area contributed by atoms with Crippen LogP contribution in [-0.4, -0.2) is 59.4 Å². The first-order chi connectivity index (χ1) is 12.5. The fraction of sp³-hybridized carbons (Fsp3) is 0.905. The third-order valence-electron chi connectivity index (χ3n) is 6.68. The third-order valence-corrected chi connectivity index (χ3v) is 6.68. The zero-order valence-electron chi connectivity index (χ0n) is 16.8. The molecule has 26 heavy (non-hydrogen) atoms.